The second kappa shape index (κ2) is 9.66. The fraction of sp³-hybridized carbons (Fsp3) is 0.241. The van der Waals surface area contributed by atoms with Crippen LogP contribution in [0.1, 0.15) is 48.0 Å². The predicted molar refractivity (Wildman–Crippen MR) is 140 cm³/mol. The molecule has 0 fully saturated rings. The Morgan fingerprint density at radius 2 is 1.54 bits per heavy atom. The summed E-state index contributed by atoms with van der Waals surface area (Å²) in [7, 11) is 1.80. The lowest BCUT2D eigenvalue weighted by Gasteiger charge is -2.19. The number of benzene rings is 3. The van der Waals surface area contributed by atoms with Crippen molar-refractivity contribution in [2.45, 2.75) is 39.7 Å². The van der Waals surface area contributed by atoms with Crippen LogP contribution in [0.2, 0.25) is 0 Å². The van der Waals surface area contributed by atoms with Crippen LogP contribution in [0.4, 0.5) is 5.69 Å². The summed E-state index contributed by atoms with van der Waals surface area (Å²) in [4.78, 5) is 25.9. The number of amides is 1. The first-order valence-corrected chi connectivity index (χ1v) is 11.6. The number of para-hydroxylation sites is 1. The summed E-state index contributed by atoms with van der Waals surface area (Å²) in [5, 5.41) is 2.80. The second-order valence-corrected chi connectivity index (χ2v) is 9.65. The van der Waals surface area contributed by atoms with E-state index in [1.165, 1.54) is 5.56 Å². The fourth-order valence-corrected chi connectivity index (χ4v) is 3.87. The number of rotatable bonds is 6. The first-order chi connectivity index (χ1) is 16.6. The molecule has 6 nitrogen and oxygen atoms in total. The predicted octanol–water partition coefficient (Wildman–Crippen LogP) is 5.61. The van der Waals surface area contributed by atoms with Gasteiger partial charge in [-0.05, 0) is 59.9 Å². The van der Waals surface area contributed by atoms with Crippen molar-refractivity contribution in [3.63, 3.8) is 0 Å². The second-order valence-electron chi connectivity index (χ2n) is 9.65. The molecule has 1 amide bonds. The maximum Gasteiger partial charge on any atom is 0.295 e. The Morgan fingerprint density at radius 1 is 0.914 bits per heavy atom. The SMILES string of the molecule is Cc1c(NC(=O)c2ccc(COc3ccc(C(C)(C)C)cc3)cc2)c(=O)n(-c2ccccc2)n1C. The summed E-state index contributed by atoms with van der Waals surface area (Å²) in [6, 6.07) is 24.7. The van der Waals surface area contributed by atoms with E-state index in [9.17, 15) is 9.59 Å². The van der Waals surface area contributed by atoms with Gasteiger partial charge in [-0.25, -0.2) is 4.68 Å². The van der Waals surface area contributed by atoms with Crippen molar-refractivity contribution in [3.05, 3.63) is 112 Å². The highest BCUT2D eigenvalue weighted by molar-refractivity contribution is 6.04. The number of carbonyl (C=O) groups is 1. The third kappa shape index (κ3) is 5.22. The van der Waals surface area contributed by atoms with Gasteiger partial charge >= 0.3 is 0 Å². The molecule has 1 aromatic heterocycles. The Labute approximate surface area is 205 Å². The molecular weight excluding hydrogens is 438 g/mol. The highest BCUT2D eigenvalue weighted by Crippen LogP contribution is 2.24. The third-order valence-corrected chi connectivity index (χ3v) is 6.13. The molecule has 0 bridgehead atoms. The average molecular weight is 470 g/mol. The van der Waals surface area contributed by atoms with Gasteiger partial charge in [-0.3, -0.25) is 14.3 Å². The van der Waals surface area contributed by atoms with E-state index in [2.05, 4.69) is 38.2 Å². The van der Waals surface area contributed by atoms with Gasteiger partial charge in [0, 0.05) is 12.6 Å². The molecular formula is C29H31N3O3. The van der Waals surface area contributed by atoms with Crippen molar-refractivity contribution in [1.29, 1.82) is 0 Å². The molecule has 4 aromatic rings. The molecule has 0 atom stereocenters. The van der Waals surface area contributed by atoms with Crippen molar-refractivity contribution in [1.82, 2.24) is 9.36 Å². The Kier molecular flexibility index (Phi) is 6.65. The Balaban J connectivity index is 1.43. The van der Waals surface area contributed by atoms with Gasteiger partial charge in [-0.15, -0.1) is 0 Å². The third-order valence-electron chi connectivity index (χ3n) is 6.13. The zero-order valence-electron chi connectivity index (χ0n) is 20.8. The highest BCUT2D eigenvalue weighted by Gasteiger charge is 2.19. The fourth-order valence-electron chi connectivity index (χ4n) is 3.87. The minimum absolute atomic E-state index is 0.0991. The molecule has 4 rings (SSSR count). The Morgan fingerprint density at radius 3 is 2.14 bits per heavy atom. The largest absolute Gasteiger partial charge is 0.489 e. The molecule has 0 aliphatic heterocycles. The summed E-state index contributed by atoms with van der Waals surface area (Å²) in [6.45, 7) is 8.75. The highest BCUT2D eigenvalue weighted by atomic mass is 16.5. The van der Waals surface area contributed by atoms with Crippen molar-refractivity contribution >= 4 is 11.6 Å². The molecule has 0 saturated carbocycles. The zero-order valence-corrected chi connectivity index (χ0v) is 20.8. The van der Waals surface area contributed by atoms with Gasteiger partial charge in [0.15, 0.2) is 0 Å². The zero-order chi connectivity index (χ0) is 25.2. The normalized spacial score (nSPS) is 11.3. The maximum atomic E-state index is 13.0. The molecule has 180 valence electrons. The van der Waals surface area contributed by atoms with Gasteiger partial charge in [0.2, 0.25) is 0 Å². The van der Waals surface area contributed by atoms with Gasteiger partial charge in [0.1, 0.15) is 18.0 Å². The summed E-state index contributed by atoms with van der Waals surface area (Å²) in [5.41, 5.74) is 4.18. The van der Waals surface area contributed by atoms with Crippen LogP contribution in [-0.4, -0.2) is 15.3 Å². The van der Waals surface area contributed by atoms with Crippen LogP contribution in [-0.2, 0) is 19.1 Å². The maximum absolute atomic E-state index is 13.0. The number of nitrogens with zero attached hydrogens (tertiary/aromatic N) is 2. The number of aromatic nitrogens is 2. The Hall–Kier alpha value is -4.06. The minimum atomic E-state index is -0.332. The number of anilines is 1. The number of nitrogens with one attached hydrogen (secondary N) is 1. The topological polar surface area (TPSA) is 65.3 Å². The lowest BCUT2D eigenvalue weighted by Crippen LogP contribution is -2.23. The first kappa shape index (κ1) is 24.1. The molecule has 0 spiro atoms. The number of carbonyl (C=O) groups excluding carboxylic acids is 1. The van der Waals surface area contributed by atoms with Crippen molar-refractivity contribution in [2.24, 2.45) is 7.05 Å². The monoisotopic (exact) mass is 469 g/mol. The van der Waals surface area contributed by atoms with Crippen molar-refractivity contribution in [3.8, 4) is 11.4 Å². The van der Waals surface area contributed by atoms with E-state index < -0.39 is 0 Å². The van der Waals surface area contributed by atoms with Crippen LogP contribution in [0.5, 0.6) is 5.75 Å². The van der Waals surface area contributed by atoms with Gasteiger partial charge in [0.25, 0.3) is 11.5 Å². The molecule has 6 heteroatoms. The Bertz CT molecular complexity index is 1370. The van der Waals surface area contributed by atoms with E-state index in [-0.39, 0.29) is 22.6 Å². The molecule has 0 aliphatic carbocycles. The van der Waals surface area contributed by atoms with E-state index in [1.807, 2.05) is 61.5 Å². The molecule has 1 N–H and O–H groups in total. The van der Waals surface area contributed by atoms with E-state index in [1.54, 1.807) is 28.5 Å². The molecule has 0 saturated heterocycles. The lowest BCUT2D eigenvalue weighted by molar-refractivity contribution is 0.102. The van der Waals surface area contributed by atoms with Crippen LogP contribution in [0.3, 0.4) is 0 Å². The van der Waals surface area contributed by atoms with Crippen LogP contribution < -0.4 is 15.6 Å². The van der Waals surface area contributed by atoms with E-state index >= 15 is 0 Å². The van der Waals surface area contributed by atoms with Crippen molar-refractivity contribution in [2.75, 3.05) is 5.32 Å². The van der Waals surface area contributed by atoms with E-state index in [4.69, 9.17) is 4.74 Å². The molecule has 35 heavy (non-hydrogen) atoms. The molecule has 1 heterocycles. The average Bonchev–Trinajstić information content (AvgIpc) is 3.06. The van der Waals surface area contributed by atoms with Crippen LogP contribution in [0, 0.1) is 6.92 Å². The summed E-state index contributed by atoms with van der Waals surface area (Å²) < 4.78 is 9.18. The van der Waals surface area contributed by atoms with Crippen molar-refractivity contribution < 1.29 is 9.53 Å². The molecule has 3 aromatic carbocycles. The smallest absolute Gasteiger partial charge is 0.295 e. The summed E-state index contributed by atoms with van der Waals surface area (Å²) in [6.07, 6.45) is 0. The number of hydrogen-bond donors (Lipinski definition) is 1. The number of hydrogen-bond acceptors (Lipinski definition) is 3. The standard InChI is InChI=1S/C29H31N3O3/c1-20-26(28(34)32(31(20)5)24-9-7-6-8-10-24)30-27(33)22-13-11-21(12-14-22)19-35-25-17-15-23(16-18-25)29(2,3)4/h6-18H,19H2,1-5H3,(H,30,33). The van der Waals surface area contributed by atoms with Crippen LogP contribution in [0.25, 0.3) is 5.69 Å². The quantitative estimate of drug-likeness (QED) is 0.399. The van der Waals surface area contributed by atoms with Gasteiger partial charge in [0.05, 0.1) is 11.4 Å². The molecule has 0 radical (unpaired) electrons. The van der Waals surface area contributed by atoms with E-state index in [0.717, 1.165) is 17.0 Å². The molecule has 0 aliphatic rings. The van der Waals surface area contributed by atoms with Crippen LogP contribution in [0.15, 0.2) is 83.7 Å². The van der Waals surface area contributed by atoms with Gasteiger partial charge < -0.3 is 10.1 Å². The van der Waals surface area contributed by atoms with E-state index in [0.29, 0.717) is 17.9 Å². The first-order valence-electron chi connectivity index (χ1n) is 11.6. The number of ether oxygens (including phenoxy) is 1. The van der Waals surface area contributed by atoms with Gasteiger partial charge in [-0.2, -0.15) is 0 Å². The van der Waals surface area contributed by atoms with Gasteiger partial charge in [-0.1, -0.05) is 63.2 Å². The van der Waals surface area contributed by atoms with Crippen LogP contribution >= 0.6 is 0 Å². The summed E-state index contributed by atoms with van der Waals surface area (Å²) >= 11 is 0. The summed E-state index contributed by atoms with van der Waals surface area (Å²) in [5.74, 6) is 0.468. The lowest BCUT2D eigenvalue weighted by atomic mass is 9.87. The minimum Gasteiger partial charge on any atom is -0.489 e. The molecule has 0 unspecified atom stereocenters.